The van der Waals surface area contributed by atoms with Crippen molar-refractivity contribution in [3.63, 3.8) is 0 Å². The lowest BCUT2D eigenvalue weighted by molar-refractivity contribution is -0.123. The molecule has 27 heavy (non-hydrogen) atoms. The largest absolute Gasteiger partial charge is 0.444 e. The molecule has 0 bridgehead atoms. The zero-order valence-electron chi connectivity index (χ0n) is 15.4. The van der Waals surface area contributed by atoms with Crippen molar-refractivity contribution in [2.45, 2.75) is 25.8 Å². The van der Waals surface area contributed by atoms with Gasteiger partial charge in [0.2, 0.25) is 10.0 Å². The van der Waals surface area contributed by atoms with Crippen LogP contribution < -0.4 is 0 Å². The van der Waals surface area contributed by atoms with Gasteiger partial charge in [-0.25, -0.2) is 18.0 Å². The third-order valence-corrected chi connectivity index (χ3v) is 4.79. The average molecular weight is 400 g/mol. The third-order valence-electron chi connectivity index (χ3n) is 3.70. The number of ketones is 1. The number of imide groups is 1. The Kier molecular flexibility index (Phi) is 8.38. The molecule has 0 aliphatic heterocycles. The van der Waals surface area contributed by atoms with Crippen LogP contribution in [0.3, 0.4) is 0 Å². The van der Waals surface area contributed by atoms with E-state index in [0.717, 1.165) is 6.26 Å². The van der Waals surface area contributed by atoms with Crippen LogP contribution in [0.5, 0.6) is 0 Å². The summed E-state index contributed by atoms with van der Waals surface area (Å²) in [6, 6.07) is -1.07. The van der Waals surface area contributed by atoms with Crippen molar-refractivity contribution in [3.8, 4) is 0 Å². The van der Waals surface area contributed by atoms with E-state index in [2.05, 4.69) is 13.2 Å². The molecule has 0 fully saturated rings. The number of rotatable bonds is 8. The molecule has 10 heteroatoms. The minimum absolute atomic E-state index is 0.249. The number of Topliss-reactive ketones (excluding diaryl/α,β-unsaturated/α-hetero) is 1. The number of carbonyl (C=O) groups is 3. The van der Waals surface area contributed by atoms with E-state index in [1.165, 1.54) is 25.2 Å². The van der Waals surface area contributed by atoms with Gasteiger partial charge >= 0.3 is 12.2 Å². The number of allylic oxidation sites excluding steroid dienone is 1. The van der Waals surface area contributed by atoms with Gasteiger partial charge in [-0.15, -0.1) is 5.01 Å². The molecule has 0 aromatic heterocycles. The van der Waals surface area contributed by atoms with Gasteiger partial charge in [0.15, 0.2) is 0 Å². The van der Waals surface area contributed by atoms with Crippen molar-refractivity contribution in [1.29, 1.82) is 0 Å². The molecular weight excluding hydrogens is 376 g/mol. The minimum atomic E-state index is -4.17. The Labute approximate surface area is 158 Å². The maximum absolute atomic E-state index is 12.5. The van der Waals surface area contributed by atoms with Gasteiger partial charge in [-0.05, 0) is 19.8 Å². The van der Waals surface area contributed by atoms with Crippen LogP contribution in [0, 0.1) is 5.92 Å². The van der Waals surface area contributed by atoms with Crippen molar-refractivity contribution in [1.82, 2.24) is 9.42 Å². The Hall–Kier alpha value is -2.46. The standard InChI is InChI=1S/C17H24N2O7S/c1-5-11-25-16(21)18(17(22)26-12-6-2)19(27(4,23)24)15-10-8-7-9-14(15)13(3)20/h5-6,8,10,14-15H,1-2,7,9,11-12H2,3-4H3/t14-,15+/m0/s1. The van der Waals surface area contributed by atoms with E-state index >= 15 is 0 Å². The first-order valence-electron chi connectivity index (χ1n) is 8.17. The second kappa shape index (κ2) is 10.0. The molecule has 0 N–H and O–H groups in total. The molecule has 2 atom stereocenters. The first kappa shape index (κ1) is 22.6. The summed E-state index contributed by atoms with van der Waals surface area (Å²) >= 11 is 0. The molecule has 0 saturated carbocycles. The summed E-state index contributed by atoms with van der Waals surface area (Å²) in [6.07, 6.45) is 4.91. The highest BCUT2D eigenvalue weighted by Crippen LogP contribution is 2.28. The number of hydrazine groups is 1. The first-order chi connectivity index (χ1) is 12.6. The quantitative estimate of drug-likeness (QED) is 0.453. The van der Waals surface area contributed by atoms with E-state index in [4.69, 9.17) is 9.47 Å². The monoisotopic (exact) mass is 400 g/mol. The summed E-state index contributed by atoms with van der Waals surface area (Å²) in [5.74, 6) is -0.997. The molecule has 2 amide bonds. The van der Waals surface area contributed by atoms with Crippen LogP contribution in [0.15, 0.2) is 37.5 Å². The number of nitrogens with zero attached hydrogens (tertiary/aromatic N) is 2. The van der Waals surface area contributed by atoms with Crippen LogP contribution in [-0.4, -0.2) is 61.3 Å². The van der Waals surface area contributed by atoms with Crippen molar-refractivity contribution in [2.24, 2.45) is 5.92 Å². The van der Waals surface area contributed by atoms with Crippen LogP contribution >= 0.6 is 0 Å². The topological polar surface area (TPSA) is 110 Å². The van der Waals surface area contributed by atoms with E-state index in [9.17, 15) is 22.8 Å². The zero-order chi connectivity index (χ0) is 20.6. The summed E-state index contributed by atoms with van der Waals surface area (Å²) in [6.45, 7) is 7.61. The molecule has 0 radical (unpaired) electrons. The van der Waals surface area contributed by atoms with Crippen molar-refractivity contribution < 1.29 is 32.3 Å². The van der Waals surface area contributed by atoms with Crippen molar-refractivity contribution in [2.75, 3.05) is 19.5 Å². The Morgan fingerprint density at radius 2 is 1.67 bits per heavy atom. The zero-order valence-corrected chi connectivity index (χ0v) is 16.2. The molecule has 0 heterocycles. The number of hydrogen-bond donors (Lipinski definition) is 0. The van der Waals surface area contributed by atoms with E-state index in [1.807, 2.05) is 0 Å². The van der Waals surface area contributed by atoms with Gasteiger partial charge in [-0.3, -0.25) is 4.79 Å². The molecule has 0 saturated heterocycles. The van der Waals surface area contributed by atoms with Crippen molar-refractivity contribution in [3.05, 3.63) is 37.5 Å². The van der Waals surface area contributed by atoms with Crippen molar-refractivity contribution >= 4 is 28.0 Å². The smallest absolute Gasteiger partial charge is 0.435 e. The SMILES string of the molecule is C=CCOC(=O)N(C(=O)OCC=C)N([C@@H]1C=CCC[C@H]1C(C)=O)S(C)(=O)=O. The fraction of sp³-hybridized carbons (Fsp3) is 0.471. The molecule has 9 nitrogen and oxygen atoms in total. The van der Waals surface area contributed by atoms with Crippen LogP contribution in [-0.2, 0) is 24.3 Å². The van der Waals surface area contributed by atoms with Gasteiger partial charge in [-0.2, -0.15) is 0 Å². The summed E-state index contributed by atoms with van der Waals surface area (Å²) in [4.78, 5) is 36.9. The number of sulfonamides is 1. The molecule has 1 rings (SSSR count). The predicted molar refractivity (Wildman–Crippen MR) is 97.9 cm³/mol. The molecule has 150 valence electrons. The van der Waals surface area contributed by atoms with Crippen LogP contribution in [0.4, 0.5) is 9.59 Å². The van der Waals surface area contributed by atoms with Crippen LogP contribution in [0.25, 0.3) is 0 Å². The maximum Gasteiger partial charge on any atom is 0.435 e. The molecule has 0 unspecified atom stereocenters. The highest BCUT2D eigenvalue weighted by molar-refractivity contribution is 7.88. The Morgan fingerprint density at radius 3 is 2.07 bits per heavy atom. The summed E-state index contributed by atoms with van der Waals surface area (Å²) in [7, 11) is -4.17. The van der Waals surface area contributed by atoms with Gasteiger partial charge in [-0.1, -0.05) is 41.9 Å². The second-order valence-electron chi connectivity index (χ2n) is 5.79. The fourth-order valence-electron chi connectivity index (χ4n) is 2.61. The van der Waals surface area contributed by atoms with Gasteiger partial charge in [0.1, 0.15) is 19.0 Å². The molecule has 0 spiro atoms. The number of amides is 2. The summed E-state index contributed by atoms with van der Waals surface area (Å²) in [5.41, 5.74) is 0. The number of carbonyl (C=O) groups excluding carboxylic acids is 3. The minimum Gasteiger partial charge on any atom is -0.444 e. The average Bonchev–Trinajstić information content (AvgIpc) is 2.60. The Morgan fingerprint density at radius 1 is 1.15 bits per heavy atom. The predicted octanol–water partition coefficient (Wildman–Crippen LogP) is 2.03. The van der Waals surface area contributed by atoms with Gasteiger partial charge in [0, 0.05) is 5.92 Å². The van der Waals surface area contributed by atoms with Gasteiger partial charge < -0.3 is 9.47 Å². The van der Waals surface area contributed by atoms with Gasteiger partial charge in [0.25, 0.3) is 0 Å². The molecule has 0 aromatic rings. The molecule has 1 aliphatic rings. The van der Waals surface area contributed by atoms with Gasteiger partial charge in [0.05, 0.1) is 12.3 Å². The highest BCUT2D eigenvalue weighted by Gasteiger charge is 2.45. The third kappa shape index (κ3) is 6.04. The Bertz CT molecular complexity index is 706. The van der Waals surface area contributed by atoms with Crippen LogP contribution in [0.1, 0.15) is 19.8 Å². The molecular formula is C17H24N2O7S. The summed E-state index contributed by atoms with van der Waals surface area (Å²) in [5, 5.41) is 0.249. The lowest BCUT2D eigenvalue weighted by atomic mass is 9.87. The second-order valence-corrected chi connectivity index (χ2v) is 7.63. The summed E-state index contributed by atoms with van der Waals surface area (Å²) < 4.78 is 35.2. The lowest BCUT2D eigenvalue weighted by Crippen LogP contribution is -2.59. The highest BCUT2D eigenvalue weighted by atomic mass is 32.2. The van der Waals surface area contributed by atoms with E-state index in [-0.39, 0.29) is 24.0 Å². The van der Waals surface area contributed by atoms with E-state index < -0.39 is 34.2 Å². The number of ether oxygens (including phenoxy) is 2. The molecule has 0 aromatic carbocycles. The van der Waals surface area contributed by atoms with Crippen LogP contribution in [0.2, 0.25) is 0 Å². The molecule has 1 aliphatic carbocycles. The maximum atomic E-state index is 12.5. The number of hydrogen-bond acceptors (Lipinski definition) is 7. The van der Waals surface area contributed by atoms with E-state index in [1.54, 1.807) is 6.08 Å². The lowest BCUT2D eigenvalue weighted by Gasteiger charge is -2.38. The normalized spacial score (nSPS) is 19.2. The Balaban J connectivity index is 3.43. The first-order valence-corrected chi connectivity index (χ1v) is 10.0. The fourth-order valence-corrected chi connectivity index (χ4v) is 3.70. The van der Waals surface area contributed by atoms with E-state index in [0.29, 0.717) is 17.3 Å².